The maximum absolute atomic E-state index is 12.0. The fourth-order valence-electron chi connectivity index (χ4n) is 2.32. The lowest BCUT2D eigenvalue weighted by molar-refractivity contribution is -0.123. The number of carbonyl (C=O) groups excluding carboxylic acids is 1. The van der Waals surface area contributed by atoms with E-state index in [4.69, 9.17) is 4.74 Å². The van der Waals surface area contributed by atoms with Gasteiger partial charge in [-0.1, -0.05) is 56.7 Å². The van der Waals surface area contributed by atoms with Crippen molar-refractivity contribution in [3.63, 3.8) is 0 Å². The zero-order chi connectivity index (χ0) is 18.1. The van der Waals surface area contributed by atoms with E-state index in [2.05, 4.69) is 40.3 Å². The Bertz CT molecular complexity index is 730. The number of hydrogen-bond donors (Lipinski definition) is 1. The third-order valence-electron chi connectivity index (χ3n) is 3.67. The molecule has 132 valence electrons. The van der Waals surface area contributed by atoms with Crippen LogP contribution < -0.4 is 10.2 Å². The van der Waals surface area contributed by atoms with Crippen LogP contribution in [0.2, 0.25) is 0 Å². The van der Waals surface area contributed by atoms with Crippen molar-refractivity contribution >= 4 is 27.5 Å². The number of carbonyl (C=O) groups is 1. The van der Waals surface area contributed by atoms with E-state index < -0.39 is 0 Å². The molecule has 0 aliphatic heterocycles. The Kier molecular flexibility index (Phi) is 7.67. The van der Waals surface area contributed by atoms with E-state index in [1.807, 2.05) is 48.5 Å². The molecule has 2 aromatic rings. The standard InChI is InChI=1S/C20H23BrN2O2/c1-3-8-18(16-9-6-5-7-10-16)22-23-20(24)14-25-19-12-11-15(4-2)13-17(19)21/h5-7,9-13H,3-4,8,14H2,1-2H3,(H,23,24). The van der Waals surface area contributed by atoms with Crippen LogP contribution in [0, 0.1) is 0 Å². The Morgan fingerprint density at radius 2 is 1.92 bits per heavy atom. The van der Waals surface area contributed by atoms with Crippen LogP contribution in [0.3, 0.4) is 0 Å². The third-order valence-corrected chi connectivity index (χ3v) is 4.29. The molecule has 0 bridgehead atoms. The molecule has 2 aromatic carbocycles. The smallest absolute Gasteiger partial charge is 0.277 e. The van der Waals surface area contributed by atoms with Crippen molar-refractivity contribution in [2.24, 2.45) is 5.10 Å². The molecule has 0 fully saturated rings. The van der Waals surface area contributed by atoms with Gasteiger partial charge in [0.25, 0.3) is 5.91 Å². The molecular weight excluding hydrogens is 380 g/mol. The fraction of sp³-hybridized carbons (Fsp3) is 0.300. The fourth-order valence-corrected chi connectivity index (χ4v) is 2.86. The van der Waals surface area contributed by atoms with Gasteiger partial charge in [0.05, 0.1) is 10.2 Å². The van der Waals surface area contributed by atoms with Gasteiger partial charge in [-0.25, -0.2) is 5.43 Å². The predicted octanol–water partition coefficient (Wildman–Crippen LogP) is 4.71. The quantitative estimate of drug-likeness (QED) is 0.513. The SMILES string of the molecule is CCCC(=NNC(=O)COc1ccc(CC)cc1Br)c1ccccc1. The number of nitrogens with zero attached hydrogens (tertiary/aromatic N) is 1. The molecule has 0 aliphatic rings. The normalized spacial score (nSPS) is 11.2. The van der Waals surface area contributed by atoms with Gasteiger partial charge in [0.1, 0.15) is 5.75 Å². The first-order chi connectivity index (χ1) is 12.1. The van der Waals surface area contributed by atoms with E-state index in [1.165, 1.54) is 5.56 Å². The van der Waals surface area contributed by atoms with Crippen LogP contribution >= 0.6 is 15.9 Å². The molecule has 0 atom stereocenters. The zero-order valence-corrected chi connectivity index (χ0v) is 16.2. The van der Waals surface area contributed by atoms with E-state index >= 15 is 0 Å². The van der Waals surface area contributed by atoms with Crippen molar-refractivity contribution in [2.75, 3.05) is 6.61 Å². The second-order valence-corrected chi connectivity index (χ2v) is 6.47. The maximum Gasteiger partial charge on any atom is 0.277 e. The number of rotatable bonds is 8. The Labute approximate surface area is 157 Å². The number of halogens is 1. The highest BCUT2D eigenvalue weighted by Gasteiger charge is 2.07. The van der Waals surface area contributed by atoms with Gasteiger partial charge in [0.15, 0.2) is 6.61 Å². The van der Waals surface area contributed by atoms with Crippen molar-refractivity contribution < 1.29 is 9.53 Å². The molecule has 2 rings (SSSR count). The molecular formula is C20H23BrN2O2. The summed E-state index contributed by atoms with van der Waals surface area (Å²) < 4.78 is 6.41. The molecule has 1 amide bonds. The van der Waals surface area contributed by atoms with Crippen LogP contribution in [0.1, 0.15) is 37.8 Å². The largest absolute Gasteiger partial charge is 0.483 e. The second kappa shape index (κ2) is 9.99. The molecule has 0 aliphatic carbocycles. The predicted molar refractivity (Wildman–Crippen MR) is 105 cm³/mol. The van der Waals surface area contributed by atoms with Gasteiger partial charge in [-0.2, -0.15) is 5.10 Å². The van der Waals surface area contributed by atoms with E-state index in [1.54, 1.807) is 0 Å². The molecule has 4 nitrogen and oxygen atoms in total. The molecule has 25 heavy (non-hydrogen) atoms. The molecule has 0 aromatic heterocycles. The van der Waals surface area contributed by atoms with Crippen LogP contribution in [-0.4, -0.2) is 18.2 Å². The van der Waals surface area contributed by atoms with Crippen LogP contribution in [-0.2, 0) is 11.2 Å². The lowest BCUT2D eigenvalue weighted by Gasteiger charge is -2.09. The summed E-state index contributed by atoms with van der Waals surface area (Å²) in [6.45, 7) is 4.09. The number of aryl methyl sites for hydroxylation is 1. The topological polar surface area (TPSA) is 50.7 Å². The average molecular weight is 403 g/mol. The summed E-state index contributed by atoms with van der Waals surface area (Å²) in [6, 6.07) is 15.7. The van der Waals surface area contributed by atoms with Gasteiger partial charge in [-0.3, -0.25) is 4.79 Å². The summed E-state index contributed by atoms with van der Waals surface area (Å²) in [7, 11) is 0. The summed E-state index contributed by atoms with van der Waals surface area (Å²) in [4.78, 5) is 12.0. The molecule has 0 spiro atoms. The maximum atomic E-state index is 12.0. The summed E-state index contributed by atoms with van der Waals surface area (Å²) >= 11 is 3.47. The monoisotopic (exact) mass is 402 g/mol. The number of benzene rings is 2. The Morgan fingerprint density at radius 3 is 2.56 bits per heavy atom. The summed E-state index contributed by atoms with van der Waals surface area (Å²) in [5.41, 5.74) is 5.68. The minimum atomic E-state index is -0.281. The lowest BCUT2D eigenvalue weighted by atomic mass is 10.1. The molecule has 5 heteroatoms. The zero-order valence-electron chi connectivity index (χ0n) is 14.6. The van der Waals surface area contributed by atoms with Crippen molar-refractivity contribution in [3.05, 3.63) is 64.1 Å². The van der Waals surface area contributed by atoms with Gasteiger partial charge in [-0.05, 0) is 52.0 Å². The highest BCUT2D eigenvalue weighted by molar-refractivity contribution is 9.10. The number of amides is 1. The molecule has 1 N–H and O–H groups in total. The number of hydrazone groups is 1. The molecule has 0 heterocycles. The first-order valence-corrected chi connectivity index (χ1v) is 9.25. The number of nitrogens with one attached hydrogen (secondary N) is 1. The lowest BCUT2D eigenvalue weighted by Crippen LogP contribution is -2.26. The van der Waals surface area contributed by atoms with Crippen molar-refractivity contribution in [2.45, 2.75) is 33.1 Å². The molecule has 0 saturated carbocycles. The number of hydrogen-bond acceptors (Lipinski definition) is 3. The summed E-state index contributed by atoms with van der Waals surface area (Å²) in [5.74, 6) is 0.365. The van der Waals surface area contributed by atoms with Crippen molar-refractivity contribution in [1.82, 2.24) is 5.43 Å². The van der Waals surface area contributed by atoms with E-state index in [0.717, 1.165) is 35.0 Å². The van der Waals surface area contributed by atoms with Crippen LogP contribution in [0.25, 0.3) is 0 Å². The Morgan fingerprint density at radius 1 is 1.16 bits per heavy atom. The first-order valence-electron chi connectivity index (χ1n) is 8.46. The minimum absolute atomic E-state index is 0.0816. The summed E-state index contributed by atoms with van der Waals surface area (Å²) in [6.07, 6.45) is 2.71. The second-order valence-electron chi connectivity index (χ2n) is 5.62. The van der Waals surface area contributed by atoms with Gasteiger partial charge in [0.2, 0.25) is 0 Å². The van der Waals surface area contributed by atoms with Gasteiger partial charge in [-0.15, -0.1) is 0 Å². The van der Waals surface area contributed by atoms with E-state index in [-0.39, 0.29) is 12.5 Å². The third kappa shape index (κ3) is 6.02. The first kappa shape index (κ1) is 19.2. The molecule has 0 radical (unpaired) electrons. The average Bonchev–Trinajstić information content (AvgIpc) is 2.64. The van der Waals surface area contributed by atoms with Crippen molar-refractivity contribution in [3.8, 4) is 5.75 Å². The van der Waals surface area contributed by atoms with Gasteiger partial charge in [0, 0.05) is 0 Å². The van der Waals surface area contributed by atoms with Crippen LogP contribution in [0.5, 0.6) is 5.75 Å². The Hall–Kier alpha value is -2.14. The highest BCUT2D eigenvalue weighted by Crippen LogP contribution is 2.26. The molecule has 0 saturated heterocycles. The van der Waals surface area contributed by atoms with Gasteiger partial charge < -0.3 is 4.74 Å². The molecule has 0 unspecified atom stereocenters. The van der Waals surface area contributed by atoms with E-state index in [0.29, 0.717) is 5.75 Å². The van der Waals surface area contributed by atoms with Gasteiger partial charge >= 0.3 is 0 Å². The number of ether oxygens (including phenoxy) is 1. The van der Waals surface area contributed by atoms with Crippen molar-refractivity contribution in [1.29, 1.82) is 0 Å². The van der Waals surface area contributed by atoms with Crippen LogP contribution in [0.4, 0.5) is 0 Å². The highest BCUT2D eigenvalue weighted by atomic mass is 79.9. The minimum Gasteiger partial charge on any atom is -0.483 e. The summed E-state index contributed by atoms with van der Waals surface area (Å²) in [5, 5.41) is 4.27. The van der Waals surface area contributed by atoms with Crippen LogP contribution in [0.15, 0.2) is 58.1 Å². The Balaban J connectivity index is 1.94. The van der Waals surface area contributed by atoms with E-state index in [9.17, 15) is 4.79 Å².